The highest BCUT2D eigenvalue weighted by Crippen LogP contribution is 2.76. The highest BCUT2D eigenvalue weighted by atomic mass is 32.2. The fourth-order valence-corrected chi connectivity index (χ4v) is 15.7. The summed E-state index contributed by atoms with van der Waals surface area (Å²) in [5.41, 5.74) is 1.31. The van der Waals surface area contributed by atoms with Crippen LogP contribution in [0.2, 0.25) is 0 Å². The largest absolute Gasteiger partial charge is 0.479 e. The zero-order valence-corrected chi connectivity index (χ0v) is 36.9. The van der Waals surface area contributed by atoms with E-state index in [2.05, 4.69) is 75.8 Å². The highest BCUT2D eigenvalue weighted by molar-refractivity contribution is 7.91. The van der Waals surface area contributed by atoms with Crippen LogP contribution >= 0.6 is 0 Å². The second kappa shape index (κ2) is 14.0. The lowest BCUT2D eigenvalue weighted by Gasteiger charge is -2.72. The number of fused-ring (bicyclic) bond motifs is 7. The van der Waals surface area contributed by atoms with Crippen LogP contribution in [0.15, 0.2) is 36.0 Å². The van der Waals surface area contributed by atoms with Crippen molar-refractivity contribution in [2.75, 3.05) is 37.7 Å². The number of carbonyl (C=O) groups is 2. The molecule has 0 bridgehead atoms. The van der Waals surface area contributed by atoms with Crippen molar-refractivity contribution in [3.63, 3.8) is 0 Å². The van der Waals surface area contributed by atoms with Crippen LogP contribution in [-0.4, -0.2) is 84.9 Å². The number of nitrogens with zero attached hydrogens (tertiary/aromatic N) is 1. The Hall–Kier alpha value is -2.17. The van der Waals surface area contributed by atoms with E-state index in [1.165, 1.54) is 62.5 Å². The molecule has 5 saturated carbocycles. The second-order valence-electron chi connectivity index (χ2n) is 21.9. The van der Waals surface area contributed by atoms with E-state index in [0.717, 1.165) is 19.5 Å². The number of allylic oxidation sites excluding steroid dienone is 4. The number of aliphatic carboxylic acids is 1. The van der Waals surface area contributed by atoms with Crippen LogP contribution in [0.25, 0.3) is 0 Å². The van der Waals surface area contributed by atoms with Crippen LogP contribution in [0, 0.1) is 57.2 Å². The average Bonchev–Trinajstić information content (AvgIpc) is 3.64. The van der Waals surface area contributed by atoms with E-state index in [1.807, 2.05) is 6.08 Å². The van der Waals surface area contributed by atoms with Crippen LogP contribution in [0.1, 0.15) is 127 Å². The predicted molar refractivity (Wildman–Crippen MR) is 223 cm³/mol. The molecule has 11 atom stereocenters. The second-order valence-corrected chi connectivity index (χ2v) is 24.2. The minimum atomic E-state index is -2.88. The van der Waals surface area contributed by atoms with Gasteiger partial charge in [0.15, 0.2) is 9.84 Å². The minimum Gasteiger partial charge on any atom is -0.479 e. The van der Waals surface area contributed by atoms with Gasteiger partial charge in [-0.25, -0.2) is 18.0 Å². The molecule has 0 spiro atoms. The molecule has 56 heavy (non-hydrogen) atoms. The monoisotopic (exact) mass is 796 g/mol. The van der Waals surface area contributed by atoms with Gasteiger partial charge in [0.1, 0.15) is 11.1 Å². The molecule has 1 saturated heterocycles. The van der Waals surface area contributed by atoms with Gasteiger partial charge in [-0.2, -0.15) is 0 Å². The average molecular weight is 796 g/mol. The van der Waals surface area contributed by atoms with E-state index in [1.54, 1.807) is 20.8 Å². The third-order valence-electron chi connectivity index (χ3n) is 17.7. The number of carbonyl (C=O) groups excluding carboxylic acids is 1. The fraction of sp³-hybridized carbons (Fsp3) is 0.826. The maximum absolute atomic E-state index is 12.6. The lowest BCUT2D eigenvalue weighted by molar-refractivity contribution is -0.221. The smallest absolute Gasteiger partial charge is 0.408 e. The topological polar surface area (TPSA) is 125 Å². The van der Waals surface area contributed by atoms with Gasteiger partial charge < -0.3 is 25.4 Å². The number of carboxylic acids is 1. The summed E-state index contributed by atoms with van der Waals surface area (Å²) in [6.45, 7) is 28.1. The number of carboxylic acid groups (broad SMARTS) is 1. The maximum Gasteiger partial charge on any atom is 0.408 e. The van der Waals surface area contributed by atoms with Crippen LogP contribution in [0.5, 0.6) is 0 Å². The van der Waals surface area contributed by atoms with Crippen LogP contribution < -0.4 is 10.6 Å². The normalized spacial score (nSPS) is 44.1. The zero-order chi connectivity index (χ0) is 40.9. The van der Waals surface area contributed by atoms with E-state index in [0.29, 0.717) is 49.1 Å². The van der Waals surface area contributed by atoms with Gasteiger partial charge in [0.2, 0.25) is 0 Å². The van der Waals surface area contributed by atoms with E-state index >= 15 is 0 Å². The first kappa shape index (κ1) is 42.0. The van der Waals surface area contributed by atoms with Gasteiger partial charge in [0.25, 0.3) is 0 Å². The van der Waals surface area contributed by atoms with Crippen molar-refractivity contribution < 1.29 is 27.9 Å². The first-order chi connectivity index (χ1) is 25.9. The summed E-state index contributed by atoms with van der Waals surface area (Å²) in [6.07, 6.45) is 17.2. The Morgan fingerprint density at radius 1 is 0.982 bits per heavy atom. The lowest BCUT2D eigenvalue weighted by atomic mass is 9.33. The number of alkyl carbamates (subject to hydrolysis) is 1. The molecule has 6 aliphatic carbocycles. The minimum absolute atomic E-state index is 0.0668. The Balaban J connectivity index is 1.09. The molecule has 0 aromatic rings. The molecule has 6 fully saturated rings. The standard InChI is InChI=1S/C46H73N3O6S/c1-30(2)33-16-20-45(47-23-24-49-25-27-56(53,54)28-26-49)22-21-43(9)34(37(33)45)13-14-36-42(8)18-15-31(41(6,7)35(42)17-19-44(36,43)10)11-12-32-29-46(32,38(50)51)48-39(52)55-40(3,4)5/h11-12,15,32-37,47H,1,13-14,16-29H2,2-10H3,(H,48,52)(H,50,51). The molecule has 1 aliphatic heterocycles. The molecule has 7 aliphatic rings. The maximum atomic E-state index is 12.6. The molecular formula is C46H73N3O6S. The Morgan fingerprint density at radius 3 is 2.32 bits per heavy atom. The molecule has 3 N–H and O–H groups in total. The van der Waals surface area contributed by atoms with Crippen molar-refractivity contribution in [2.45, 2.75) is 143 Å². The van der Waals surface area contributed by atoms with Gasteiger partial charge >= 0.3 is 12.1 Å². The van der Waals surface area contributed by atoms with Crippen molar-refractivity contribution in [3.8, 4) is 0 Å². The van der Waals surface area contributed by atoms with Crippen LogP contribution in [0.4, 0.5) is 4.79 Å². The van der Waals surface area contributed by atoms with E-state index in [-0.39, 0.29) is 44.6 Å². The van der Waals surface area contributed by atoms with Crippen molar-refractivity contribution >= 4 is 21.9 Å². The highest BCUT2D eigenvalue weighted by Gasteiger charge is 2.70. The summed E-state index contributed by atoms with van der Waals surface area (Å²) in [5, 5.41) is 17.0. The Labute approximate surface area is 338 Å². The molecule has 1 amide bonds. The zero-order valence-electron chi connectivity index (χ0n) is 36.1. The summed E-state index contributed by atoms with van der Waals surface area (Å²) < 4.78 is 29.5. The van der Waals surface area contributed by atoms with E-state index < -0.39 is 33.0 Å². The Bertz CT molecular complexity index is 1770. The van der Waals surface area contributed by atoms with E-state index in [9.17, 15) is 23.1 Å². The Morgan fingerprint density at radius 2 is 1.68 bits per heavy atom. The SMILES string of the molecule is C=C(C)C1CCC2(NCCN3CCS(=O)(=O)CC3)CCC3(C)C(CCC4C5(C)CC=C(C=CC6CC6(NC(=O)OC(C)(C)C)C(=O)O)C(C)(C)C5CCC43C)C12. The van der Waals surface area contributed by atoms with Gasteiger partial charge in [-0.3, -0.25) is 0 Å². The number of ether oxygens (including phenoxy) is 1. The van der Waals surface area contributed by atoms with Gasteiger partial charge in [0, 0.05) is 37.6 Å². The fourth-order valence-electron chi connectivity index (χ4n) is 14.5. The third-order valence-corrected chi connectivity index (χ3v) is 19.3. The molecule has 9 nitrogen and oxygen atoms in total. The third kappa shape index (κ3) is 6.85. The van der Waals surface area contributed by atoms with Gasteiger partial charge in [-0.05, 0) is 149 Å². The number of amides is 1. The molecule has 0 radical (unpaired) electrons. The summed E-state index contributed by atoms with van der Waals surface area (Å²) >= 11 is 0. The molecule has 11 unspecified atom stereocenters. The van der Waals surface area contributed by atoms with Crippen LogP contribution in [0.3, 0.4) is 0 Å². The first-order valence-electron chi connectivity index (χ1n) is 21.9. The summed E-state index contributed by atoms with van der Waals surface area (Å²) in [5.74, 6) is 2.17. The molecule has 1 heterocycles. The van der Waals surface area contributed by atoms with Crippen molar-refractivity contribution in [2.24, 2.45) is 57.2 Å². The molecule has 0 aromatic carbocycles. The Kier molecular flexibility index (Phi) is 10.5. The predicted octanol–water partition coefficient (Wildman–Crippen LogP) is 8.18. The van der Waals surface area contributed by atoms with Crippen molar-refractivity contribution in [1.29, 1.82) is 0 Å². The van der Waals surface area contributed by atoms with Crippen molar-refractivity contribution in [3.05, 3.63) is 36.0 Å². The number of hydrogen-bond acceptors (Lipinski definition) is 7. The molecular weight excluding hydrogens is 723 g/mol. The summed E-state index contributed by atoms with van der Waals surface area (Å²) in [4.78, 5) is 27.3. The van der Waals surface area contributed by atoms with Gasteiger partial charge in [-0.15, -0.1) is 0 Å². The number of hydrogen-bond donors (Lipinski definition) is 3. The van der Waals surface area contributed by atoms with Crippen molar-refractivity contribution in [1.82, 2.24) is 15.5 Å². The number of sulfone groups is 1. The molecule has 10 heteroatoms. The lowest BCUT2D eigenvalue weighted by Crippen LogP contribution is -2.68. The summed E-state index contributed by atoms with van der Waals surface area (Å²) in [6, 6.07) is 0. The number of rotatable bonds is 9. The van der Waals surface area contributed by atoms with Gasteiger partial charge in [0.05, 0.1) is 11.5 Å². The van der Waals surface area contributed by atoms with E-state index in [4.69, 9.17) is 4.74 Å². The van der Waals surface area contributed by atoms with Crippen LogP contribution in [-0.2, 0) is 19.4 Å². The summed E-state index contributed by atoms with van der Waals surface area (Å²) in [7, 11) is -2.88. The molecule has 0 aromatic heterocycles. The number of nitrogens with one attached hydrogen (secondary N) is 2. The quantitative estimate of drug-likeness (QED) is 0.200. The van der Waals surface area contributed by atoms with Gasteiger partial charge in [-0.1, -0.05) is 65.0 Å². The molecule has 7 rings (SSSR count). The first-order valence-corrected chi connectivity index (χ1v) is 23.7. The molecule has 314 valence electrons.